The van der Waals surface area contributed by atoms with Crippen molar-refractivity contribution >= 4 is 22.0 Å². The standard InChI is InChI=1S/C17H24BrN3O2/c1-17(2,3)13-6-7-15(14(18)12-13)23-11-5-10-21-16(22)20-9-4-8-19/h6-7,12H,4-5,9-11H2,1-3H3,(H2,20,21,22). The van der Waals surface area contributed by atoms with Crippen LogP contribution in [0.15, 0.2) is 22.7 Å². The summed E-state index contributed by atoms with van der Waals surface area (Å²) in [6.45, 7) is 7.92. The highest BCUT2D eigenvalue weighted by molar-refractivity contribution is 9.10. The smallest absolute Gasteiger partial charge is 0.314 e. The molecule has 5 nitrogen and oxygen atoms in total. The molecule has 126 valence electrons. The second-order valence-corrected chi connectivity index (χ2v) is 7.04. The van der Waals surface area contributed by atoms with Gasteiger partial charge in [0.2, 0.25) is 0 Å². The monoisotopic (exact) mass is 381 g/mol. The molecule has 0 spiro atoms. The lowest BCUT2D eigenvalue weighted by atomic mass is 9.87. The van der Waals surface area contributed by atoms with Gasteiger partial charge in [-0.1, -0.05) is 26.8 Å². The molecule has 0 saturated carbocycles. The number of nitrogens with zero attached hydrogens (tertiary/aromatic N) is 1. The number of hydrogen-bond acceptors (Lipinski definition) is 3. The number of nitrogens with one attached hydrogen (secondary N) is 2. The van der Waals surface area contributed by atoms with E-state index in [9.17, 15) is 4.79 Å². The van der Waals surface area contributed by atoms with Gasteiger partial charge >= 0.3 is 6.03 Å². The first-order chi connectivity index (χ1) is 10.8. The van der Waals surface area contributed by atoms with Crippen LogP contribution in [0.4, 0.5) is 4.79 Å². The quantitative estimate of drug-likeness (QED) is 0.706. The lowest BCUT2D eigenvalue weighted by Gasteiger charge is -2.20. The van der Waals surface area contributed by atoms with Crippen LogP contribution >= 0.6 is 15.9 Å². The molecule has 0 bridgehead atoms. The molecule has 2 N–H and O–H groups in total. The number of nitriles is 1. The van der Waals surface area contributed by atoms with Crippen molar-refractivity contribution in [3.8, 4) is 11.8 Å². The number of carbonyl (C=O) groups is 1. The van der Waals surface area contributed by atoms with Crippen LogP contribution in [-0.4, -0.2) is 25.7 Å². The van der Waals surface area contributed by atoms with E-state index in [-0.39, 0.29) is 11.4 Å². The Morgan fingerprint density at radius 3 is 2.61 bits per heavy atom. The maximum Gasteiger partial charge on any atom is 0.314 e. The largest absolute Gasteiger partial charge is 0.492 e. The first-order valence-electron chi connectivity index (χ1n) is 7.66. The van der Waals surface area contributed by atoms with E-state index in [0.29, 0.717) is 32.5 Å². The van der Waals surface area contributed by atoms with Gasteiger partial charge in [-0.3, -0.25) is 0 Å². The molecule has 0 aliphatic heterocycles. The molecular formula is C17H24BrN3O2. The average molecular weight is 382 g/mol. The number of hydrogen-bond donors (Lipinski definition) is 2. The number of benzene rings is 1. The van der Waals surface area contributed by atoms with Crippen molar-refractivity contribution in [2.75, 3.05) is 19.7 Å². The SMILES string of the molecule is CC(C)(C)c1ccc(OCCCNC(=O)NCCC#N)c(Br)c1. The first-order valence-corrected chi connectivity index (χ1v) is 8.45. The second-order valence-electron chi connectivity index (χ2n) is 6.19. The highest BCUT2D eigenvalue weighted by atomic mass is 79.9. The van der Waals surface area contributed by atoms with Gasteiger partial charge in [0.05, 0.1) is 23.6 Å². The van der Waals surface area contributed by atoms with Gasteiger partial charge in [-0.25, -0.2) is 4.79 Å². The molecule has 0 aromatic heterocycles. The molecule has 0 fully saturated rings. The predicted molar refractivity (Wildman–Crippen MR) is 94.6 cm³/mol. The zero-order valence-electron chi connectivity index (χ0n) is 13.9. The fraction of sp³-hybridized carbons (Fsp3) is 0.529. The van der Waals surface area contributed by atoms with E-state index in [1.165, 1.54) is 5.56 Å². The minimum Gasteiger partial charge on any atom is -0.492 e. The van der Waals surface area contributed by atoms with E-state index in [1.54, 1.807) is 0 Å². The molecule has 23 heavy (non-hydrogen) atoms. The molecule has 0 atom stereocenters. The van der Waals surface area contributed by atoms with Crippen LogP contribution in [0, 0.1) is 11.3 Å². The molecule has 0 aliphatic rings. The Labute approximate surface area is 146 Å². The summed E-state index contributed by atoms with van der Waals surface area (Å²) in [5, 5.41) is 13.7. The maximum atomic E-state index is 11.4. The van der Waals surface area contributed by atoms with Crippen LogP contribution in [0.25, 0.3) is 0 Å². The van der Waals surface area contributed by atoms with Crippen molar-refractivity contribution in [2.45, 2.75) is 39.0 Å². The Kier molecular flexibility index (Phi) is 7.90. The topological polar surface area (TPSA) is 74.2 Å². The Morgan fingerprint density at radius 1 is 1.30 bits per heavy atom. The first kappa shape index (κ1) is 19.3. The van der Waals surface area contributed by atoms with Crippen LogP contribution < -0.4 is 15.4 Å². The van der Waals surface area contributed by atoms with Gasteiger partial charge in [0.1, 0.15) is 5.75 Å². The number of amides is 2. The molecule has 0 radical (unpaired) electrons. The molecule has 1 aromatic carbocycles. The van der Waals surface area contributed by atoms with Crippen molar-refractivity contribution in [2.24, 2.45) is 0 Å². The summed E-state index contributed by atoms with van der Waals surface area (Å²) in [6, 6.07) is 7.83. The van der Waals surface area contributed by atoms with Crippen LogP contribution in [0.5, 0.6) is 5.75 Å². The average Bonchev–Trinajstić information content (AvgIpc) is 2.47. The third kappa shape index (κ3) is 7.38. The Balaban J connectivity index is 2.29. The van der Waals surface area contributed by atoms with Gasteiger partial charge in [0.25, 0.3) is 0 Å². The maximum absolute atomic E-state index is 11.4. The molecule has 0 saturated heterocycles. The zero-order valence-corrected chi connectivity index (χ0v) is 15.5. The van der Waals surface area contributed by atoms with Gasteiger partial charge in [-0.15, -0.1) is 0 Å². The molecule has 2 amide bonds. The molecule has 6 heteroatoms. The molecule has 0 aliphatic carbocycles. The third-order valence-corrected chi connectivity index (χ3v) is 3.80. The van der Waals surface area contributed by atoms with Crippen molar-refractivity contribution in [1.29, 1.82) is 5.26 Å². The number of carbonyl (C=O) groups excluding carboxylic acids is 1. The van der Waals surface area contributed by atoms with E-state index < -0.39 is 0 Å². The molecular weight excluding hydrogens is 358 g/mol. The molecule has 0 unspecified atom stereocenters. The van der Waals surface area contributed by atoms with Gasteiger partial charge < -0.3 is 15.4 Å². The Morgan fingerprint density at radius 2 is 2.00 bits per heavy atom. The summed E-state index contributed by atoms with van der Waals surface area (Å²) < 4.78 is 6.66. The normalized spacial score (nSPS) is 10.7. The lowest BCUT2D eigenvalue weighted by molar-refractivity contribution is 0.239. The predicted octanol–water partition coefficient (Wildman–Crippen LogP) is 3.73. The molecule has 0 heterocycles. The van der Waals surface area contributed by atoms with Gasteiger partial charge in [0, 0.05) is 13.1 Å². The Bertz CT molecular complexity index is 562. The molecule has 1 rings (SSSR count). The van der Waals surface area contributed by atoms with Crippen LogP contribution in [-0.2, 0) is 5.41 Å². The second kappa shape index (κ2) is 9.41. The van der Waals surface area contributed by atoms with Crippen molar-refractivity contribution < 1.29 is 9.53 Å². The number of ether oxygens (including phenoxy) is 1. The number of urea groups is 1. The zero-order chi connectivity index (χ0) is 17.3. The van der Waals surface area contributed by atoms with Crippen LogP contribution in [0.1, 0.15) is 39.2 Å². The number of rotatable bonds is 7. The van der Waals surface area contributed by atoms with E-state index in [4.69, 9.17) is 10.00 Å². The van der Waals surface area contributed by atoms with Gasteiger partial charge in [-0.05, 0) is 45.5 Å². The van der Waals surface area contributed by atoms with E-state index in [2.05, 4.69) is 59.5 Å². The van der Waals surface area contributed by atoms with Crippen LogP contribution in [0.3, 0.4) is 0 Å². The summed E-state index contributed by atoms with van der Waals surface area (Å²) in [6.07, 6.45) is 1.02. The lowest BCUT2D eigenvalue weighted by Crippen LogP contribution is -2.36. The Hall–Kier alpha value is -1.74. The summed E-state index contributed by atoms with van der Waals surface area (Å²) in [5.74, 6) is 0.802. The van der Waals surface area contributed by atoms with Crippen molar-refractivity contribution in [1.82, 2.24) is 10.6 Å². The summed E-state index contributed by atoms with van der Waals surface area (Å²) in [4.78, 5) is 11.4. The van der Waals surface area contributed by atoms with Gasteiger partial charge in [-0.2, -0.15) is 5.26 Å². The minimum atomic E-state index is -0.254. The van der Waals surface area contributed by atoms with E-state index in [0.717, 1.165) is 10.2 Å². The van der Waals surface area contributed by atoms with Crippen LogP contribution in [0.2, 0.25) is 0 Å². The fourth-order valence-corrected chi connectivity index (χ4v) is 2.33. The summed E-state index contributed by atoms with van der Waals surface area (Å²) in [7, 11) is 0. The summed E-state index contributed by atoms with van der Waals surface area (Å²) >= 11 is 3.54. The third-order valence-electron chi connectivity index (χ3n) is 3.18. The molecule has 1 aromatic rings. The summed E-state index contributed by atoms with van der Waals surface area (Å²) in [5.41, 5.74) is 1.34. The van der Waals surface area contributed by atoms with E-state index in [1.807, 2.05) is 12.1 Å². The minimum absolute atomic E-state index is 0.101. The van der Waals surface area contributed by atoms with Crippen molar-refractivity contribution in [3.63, 3.8) is 0 Å². The highest BCUT2D eigenvalue weighted by Gasteiger charge is 2.15. The van der Waals surface area contributed by atoms with Crippen molar-refractivity contribution in [3.05, 3.63) is 28.2 Å². The van der Waals surface area contributed by atoms with E-state index >= 15 is 0 Å². The fourth-order valence-electron chi connectivity index (χ4n) is 1.84. The van der Waals surface area contributed by atoms with Gasteiger partial charge in [0.15, 0.2) is 0 Å². The number of halogens is 1. The highest BCUT2D eigenvalue weighted by Crippen LogP contribution is 2.31.